The smallest absolute Gasteiger partial charge is 0.339 e. The van der Waals surface area contributed by atoms with Crippen LogP contribution in [0.2, 0.25) is 0 Å². The first-order chi connectivity index (χ1) is 14.5. The predicted molar refractivity (Wildman–Crippen MR) is 113 cm³/mol. The molecule has 0 N–H and O–H groups in total. The zero-order valence-corrected chi connectivity index (χ0v) is 17.5. The molecule has 1 aliphatic heterocycles. The maximum atomic E-state index is 12.9. The maximum Gasteiger partial charge on any atom is 0.339 e. The van der Waals surface area contributed by atoms with E-state index in [9.17, 15) is 14.4 Å². The highest BCUT2D eigenvalue weighted by molar-refractivity contribution is 6.52. The van der Waals surface area contributed by atoms with Gasteiger partial charge >= 0.3 is 17.8 Å². The molecule has 7 heteroatoms. The summed E-state index contributed by atoms with van der Waals surface area (Å²) in [7, 11) is 0. The average Bonchev–Trinajstić information content (AvgIpc) is 2.95. The molecule has 30 heavy (non-hydrogen) atoms. The highest BCUT2D eigenvalue weighted by Crippen LogP contribution is 2.34. The van der Waals surface area contributed by atoms with Gasteiger partial charge in [-0.2, -0.15) is 0 Å². The Hall–Kier alpha value is -3.35. The summed E-state index contributed by atoms with van der Waals surface area (Å²) in [6, 6.07) is 11.6. The number of rotatable bonds is 9. The molecule has 0 aliphatic carbocycles. The lowest BCUT2D eigenvalue weighted by atomic mass is 10.1. The molecule has 0 unspecified atom stereocenters. The number of hydrogen-bond acceptors (Lipinski definition) is 5. The predicted octanol–water partition coefficient (Wildman–Crippen LogP) is 4.07. The second-order valence-electron chi connectivity index (χ2n) is 7.13. The lowest BCUT2D eigenvalue weighted by Crippen LogP contribution is -2.33. The van der Waals surface area contributed by atoms with Gasteiger partial charge < -0.3 is 9.47 Å². The number of nitrogens with zero attached hydrogens (tertiary/aromatic N) is 2. The molecule has 1 aliphatic rings. The summed E-state index contributed by atoms with van der Waals surface area (Å²) in [4.78, 5) is 39.9. The summed E-state index contributed by atoms with van der Waals surface area (Å²) in [6.07, 6.45) is 1.63. The van der Waals surface area contributed by atoms with Gasteiger partial charge in [-0.3, -0.25) is 14.5 Å². The van der Waals surface area contributed by atoms with Crippen LogP contribution in [0.1, 0.15) is 37.8 Å². The number of carbonyl (C=O) groups excluding carboxylic acids is 3. The van der Waals surface area contributed by atoms with Crippen LogP contribution in [0.25, 0.3) is 0 Å². The molecule has 0 spiro atoms. The zero-order valence-electron chi connectivity index (χ0n) is 17.5. The van der Waals surface area contributed by atoms with Gasteiger partial charge in [0.2, 0.25) is 0 Å². The largest absolute Gasteiger partial charge is 0.490 e. The SMILES string of the molecule is CCCOc1ccc(N2C(=O)C(=O)N(Cc3ccc(C)cc3)C2=O)cc1OCCC. The first kappa shape index (κ1) is 21.4. The van der Waals surface area contributed by atoms with Crippen LogP contribution in [0.3, 0.4) is 0 Å². The van der Waals surface area contributed by atoms with Gasteiger partial charge in [0.05, 0.1) is 25.4 Å². The van der Waals surface area contributed by atoms with Crippen molar-refractivity contribution in [2.24, 2.45) is 0 Å². The van der Waals surface area contributed by atoms with E-state index < -0.39 is 17.8 Å². The first-order valence-electron chi connectivity index (χ1n) is 10.1. The standard InChI is InChI=1S/C23H26N2O5/c1-4-12-29-19-11-10-18(14-20(19)30-13-5-2)25-22(27)21(26)24(23(25)28)15-17-8-6-16(3)7-9-17/h6-11,14H,4-5,12-13,15H2,1-3H3. The van der Waals surface area contributed by atoms with E-state index in [2.05, 4.69) is 0 Å². The number of benzene rings is 2. The van der Waals surface area contributed by atoms with E-state index in [1.54, 1.807) is 18.2 Å². The molecule has 0 bridgehead atoms. The van der Waals surface area contributed by atoms with Crippen molar-refractivity contribution >= 4 is 23.5 Å². The number of amides is 4. The van der Waals surface area contributed by atoms with E-state index >= 15 is 0 Å². The van der Waals surface area contributed by atoms with E-state index in [0.29, 0.717) is 24.7 Å². The Morgan fingerprint density at radius 3 is 2.07 bits per heavy atom. The number of hydrogen-bond donors (Lipinski definition) is 0. The Balaban J connectivity index is 1.86. The minimum absolute atomic E-state index is 0.0388. The van der Waals surface area contributed by atoms with Gasteiger partial charge in [0.25, 0.3) is 0 Å². The third-order valence-electron chi connectivity index (χ3n) is 4.62. The fraction of sp³-hybridized carbons (Fsp3) is 0.348. The first-order valence-corrected chi connectivity index (χ1v) is 10.1. The summed E-state index contributed by atoms with van der Waals surface area (Å²) in [5, 5.41) is 0. The lowest BCUT2D eigenvalue weighted by molar-refractivity contribution is -0.139. The van der Waals surface area contributed by atoms with Crippen molar-refractivity contribution in [3.05, 3.63) is 53.6 Å². The molecule has 1 heterocycles. The van der Waals surface area contributed by atoms with Crippen LogP contribution in [0, 0.1) is 6.92 Å². The van der Waals surface area contributed by atoms with Crippen LogP contribution in [0.15, 0.2) is 42.5 Å². The third kappa shape index (κ3) is 4.45. The van der Waals surface area contributed by atoms with E-state index in [-0.39, 0.29) is 12.2 Å². The Morgan fingerprint density at radius 1 is 0.800 bits per heavy atom. The third-order valence-corrected chi connectivity index (χ3v) is 4.62. The highest BCUT2D eigenvalue weighted by Gasteiger charge is 2.45. The van der Waals surface area contributed by atoms with Crippen molar-refractivity contribution in [1.29, 1.82) is 0 Å². The van der Waals surface area contributed by atoms with Crippen molar-refractivity contribution in [2.75, 3.05) is 18.1 Å². The molecular weight excluding hydrogens is 384 g/mol. The summed E-state index contributed by atoms with van der Waals surface area (Å²) in [5.41, 5.74) is 2.12. The van der Waals surface area contributed by atoms with Gasteiger partial charge in [0, 0.05) is 6.07 Å². The van der Waals surface area contributed by atoms with Crippen molar-refractivity contribution in [3.63, 3.8) is 0 Å². The molecule has 4 amide bonds. The summed E-state index contributed by atoms with van der Waals surface area (Å²) >= 11 is 0. The molecule has 0 radical (unpaired) electrons. The van der Waals surface area contributed by atoms with Crippen LogP contribution < -0.4 is 14.4 Å². The van der Waals surface area contributed by atoms with Gasteiger partial charge in [-0.05, 0) is 37.5 Å². The number of aryl methyl sites for hydroxylation is 1. The topological polar surface area (TPSA) is 76.2 Å². The van der Waals surface area contributed by atoms with Gasteiger partial charge in [-0.1, -0.05) is 43.7 Å². The van der Waals surface area contributed by atoms with E-state index in [4.69, 9.17) is 9.47 Å². The molecule has 1 saturated heterocycles. The second-order valence-corrected chi connectivity index (χ2v) is 7.13. The molecular formula is C23H26N2O5. The molecule has 3 rings (SSSR count). The van der Waals surface area contributed by atoms with Crippen LogP contribution in [0.5, 0.6) is 11.5 Å². The molecule has 0 aromatic heterocycles. The van der Waals surface area contributed by atoms with Crippen LogP contribution in [0.4, 0.5) is 10.5 Å². The molecule has 1 fully saturated rings. The fourth-order valence-electron chi connectivity index (χ4n) is 3.04. The van der Waals surface area contributed by atoms with Crippen molar-refractivity contribution in [3.8, 4) is 11.5 Å². The van der Waals surface area contributed by atoms with E-state index in [0.717, 1.165) is 33.8 Å². The van der Waals surface area contributed by atoms with Gasteiger partial charge in [-0.25, -0.2) is 9.69 Å². The maximum absolute atomic E-state index is 12.9. The molecule has 0 atom stereocenters. The summed E-state index contributed by atoms with van der Waals surface area (Å²) in [6.45, 7) is 6.95. The van der Waals surface area contributed by atoms with Crippen molar-refractivity contribution in [1.82, 2.24) is 4.90 Å². The van der Waals surface area contributed by atoms with Crippen LogP contribution >= 0.6 is 0 Å². The monoisotopic (exact) mass is 410 g/mol. The summed E-state index contributed by atoms with van der Waals surface area (Å²) in [5.74, 6) is -0.748. The fourth-order valence-corrected chi connectivity index (χ4v) is 3.04. The summed E-state index contributed by atoms with van der Waals surface area (Å²) < 4.78 is 11.4. The Bertz CT molecular complexity index is 939. The zero-order chi connectivity index (χ0) is 21.7. The second kappa shape index (κ2) is 9.43. The van der Waals surface area contributed by atoms with Gasteiger partial charge in [-0.15, -0.1) is 0 Å². The van der Waals surface area contributed by atoms with E-state index in [1.807, 2.05) is 45.0 Å². The number of imide groups is 2. The molecule has 2 aromatic carbocycles. The Labute approximate surface area is 176 Å². The number of urea groups is 1. The normalized spacial score (nSPS) is 13.9. The highest BCUT2D eigenvalue weighted by atomic mass is 16.5. The molecule has 2 aromatic rings. The lowest BCUT2D eigenvalue weighted by Gasteiger charge is -2.18. The van der Waals surface area contributed by atoms with Crippen molar-refractivity contribution < 1.29 is 23.9 Å². The minimum Gasteiger partial charge on any atom is -0.490 e. The molecule has 158 valence electrons. The van der Waals surface area contributed by atoms with Crippen molar-refractivity contribution in [2.45, 2.75) is 40.2 Å². The van der Waals surface area contributed by atoms with E-state index in [1.165, 1.54) is 0 Å². The quantitative estimate of drug-likeness (QED) is 0.460. The Morgan fingerprint density at radius 2 is 1.43 bits per heavy atom. The number of carbonyl (C=O) groups is 3. The van der Waals surface area contributed by atoms with Gasteiger partial charge in [0.15, 0.2) is 11.5 Å². The Kier molecular flexibility index (Phi) is 6.72. The minimum atomic E-state index is -0.879. The number of ether oxygens (including phenoxy) is 2. The van der Waals surface area contributed by atoms with Crippen LogP contribution in [-0.4, -0.2) is 36.0 Å². The number of anilines is 1. The average molecular weight is 410 g/mol. The molecule has 0 saturated carbocycles. The van der Waals surface area contributed by atoms with Crippen LogP contribution in [-0.2, 0) is 16.1 Å². The molecule has 7 nitrogen and oxygen atoms in total. The van der Waals surface area contributed by atoms with Gasteiger partial charge in [0.1, 0.15) is 0 Å².